The van der Waals surface area contributed by atoms with E-state index in [1.165, 1.54) is 10.4 Å². The molecule has 1 heterocycles. The van der Waals surface area contributed by atoms with Crippen LogP contribution in [0.2, 0.25) is 0 Å². The number of carbonyl (C=O) groups excluding carboxylic acids is 1. The SMILES string of the molecule is Cc1ccc(S(=O)(=O)N2CCCC2/C=C\C(=O)C=[N+]=[N-])cc1. The molecule has 6 nitrogen and oxygen atoms in total. The van der Waals surface area contributed by atoms with Gasteiger partial charge in [0.25, 0.3) is 5.78 Å². The standard InChI is InChI=1S/C15H17N3O3S/c1-12-4-8-15(9-5-12)22(20,21)18-10-2-3-13(18)6-7-14(19)11-17-16/h4-9,11,13H,2-3,10H2,1H3/b7-6-. The molecule has 0 amide bonds. The molecule has 1 aliphatic heterocycles. The van der Waals surface area contributed by atoms with Crippen molar-refractivity contribution < 1.29 is 18.0 Å². The summed E-state index contributed by atoms with van der Waals surface area (Å²) in [5, 5.41) is 0. The van der Waals surface area contributed by atoms with Gasteiger partial charge in [-0.25, -0.2) is 8.42 Å². The Labute approximate surface area is 129 Å². The maximum atomic E-state index is 12.7. The van der Waals surface area contributed by atoms with Crippen molar-refractivity contribution in [3.05, 3.63) is 47.5 Å². The van der Waals surface area contributed by atoms with Gasteiger partial charge in [0.1, 0.15) is 0 Å². The second-order valence-corrected chi connectivity index (χ2v) is 7.03. The number of allylic oxidation sites excluding steroid dienone is 1. The summed E-state index contributed by atoms with van der Waals surface area (Å²) < 4.78 is 26.7. The van der Waals surface area contributed by atoms with E-state index in [1.807, 2.05) is 6.92 Å². The van der Waals surface area contributed by atoms with Crippen molar-refractivity contribution >= 4 is 22.0 Å². The number of hydrogen-bond donors (Lipinski definition) is 0. The highest BCUT2D eigenvalue weighted by molar-refractivity contribution is 7.89. The van der Waals surface area contributed by atoms with Crippen molar-refractivity contribution in [1.29, 1.82) is 0 Å². The van der Waals surface area contributed by atoms with E-state index in [1.54, 1.807) is 30.3 Å². The average Bonchev–Trinajstić information content (AvgIpc) is 2.95. The van der Waals surface area contributed by atoms with E-state index in [0.29, 0.717) is 13.0 Å². The third kappa shape index (κ3) is 3.57. The zero-order valence-corrected chi connectivity index (χ0v) is 13.0. The van der Waals surface area contributed by atoms with Crippen LogP contribution in [0.25, 0.3) is 5.53 Å². The summed E-state index contributed by atoms with van der Waals surface area (Å²) >= 11 is 0. The summed E-state index contributed by atoms with van der Waals surface area (Å²) in [6, 6.07) is 6.34. The lowest BCUT2D eigenvalue weighted by Gasteiger charge is -2.21. The Balaban J connectivity index is 2.24. The van der Waals surface area contributed by atoms with Crippen molar-refractivity contribution in [3.8, 4) is 0 Å². The topological polar surface area (TPSA) is 90.9 Å². The van der Waals surface area contributed by atoms with Gasteiger partial charge >= 0.3 is 6.21 Å². The van der Waals surface area contributed by atoms with Gasteiger partial charge in [0, 0.05) is 12.6 Å². The van der Waals surface area contributed by atoms with Gasteiger partial charge in [-0.1, -0.05) is 23.8 Å². The molecule has 22 heavy (non-hydrogen) atoms. The Hall–Kier alpha value is -2.08. The van der Waals surface area contributed by atoms with Gasteiger partial charge in [-0.2, -0.15) is 9.10 Å². The minimum absolute atomic E-state index is 0.252. The summed E-state index contributed by atoms with van der Waals surface area (Å²) in [5.74, 6) is -0.484. The first-order valence-electron chi connectivity index (χ1n) is 6.93. The second-order valence-electron chi connectivity index (χ2n) is 5.14. The van der Waals surface area contributed by atoms with Gasteiger partial charge in [0.05, 0.1) is 4.90 Å². The van der Waals surface area contributed by atoms with Crippen LogP contribution in [0, 0.1) is 6.92 Å². The van der Waals surface area contributed by atoms with Gasteiger partial charge in [-0.05, 0) is 38.0 Å². The molecule has 0 aromatic heterocycles. The summed E-state index contributed by atoms with van der Waals surface area (Å²) in [5.41, 5.74) is 9.28. The Morgan fingerprint density at radius 1 is 1.36 bits per heavy atom. The molecule has 1 aromatic rings. The molecule has 7 heteroatoms. The molecule has 0 N–H and O–H groups in total. The summed E-state index contributed by atoms with van der Waals surface area (Å²) in [7, 11) is -3.58. The summed E-state index contributed by atoms with van der Waals surface area (Å²) in [4.78, 5) is 14.2. The first kappa shape index (κ1) is 16.3. The van der Waals surface area contributed by atoms with Crippen LogP contribution in [0.4, 0.5) is 0 Å². The molecule has 0 aliphatic carbocycles. The largest absolute Gasteiger partial charge is 0.361 e. The minimum Gasteiger partial charge on any atom is -0.361 e. The lowest BCUT2D eigenvalue weighted by Crippen LogP contribution is -2.34. The van der Waals surface area contributed by atoms with Crippen LogP contribution in [-0.4, -0.2) is 42.1 Å². The Bertz CT molecular complexity index is 732. The fourth-order valence-corrected chi connectivity index (χ4v) is 4.06. The van der Waals surface area contributed by atoms with Gasteiger partial charge in [-0.3, -0.25) is 4.79 Å². The molecule has 1 unspecified atom stereocenters. The van der Waals surface area contributed by atoms with Gasteiger partial charge in [0.2, 0.25) is 10.0 Å². The van der Waals surface area contributed by atoms with Crippen LogP contribution < -0.4 is 0 Å². The molecule has 1 aliphatic rings. The molecule has 0 spiro atoms. The maximum Gasteiger partial charge on any atom is 0.327 e. The van der Waals surface area contributed by atoms with Crippen molar-refractivity contribution in [1.82, 2.24) is 4.31 Å². The molecule has 1 saturated heterocycles. The number of sulfonamides is 1. The normalized spacial score (nSPS) is 19.2. The van der Waals surface area contributed by atoms with Crippen molar-refractivity contribution in [2.24, 2.45) is 0 Å². The van der Waals surface area contributed by atoms with Crippen molar-refractivity contribution in [3.63, 3.8) is 0 Å². The molecular formula is C15H17N3O3S. The molecule has 2 rings (SSSR count). The van der Waals surface area contributed by atoms with Crippen LogP contribution in [0.1, 0.15) is 18.4 Å². The first-order chi connectivity index (χ1) is 10.4. The maximum absolute atomic E-state index is 12.7. The van der Waals surface area contributed by atoms with E-state index >= 15 is 0 Å². The molecule has 0 bridgehead atoms. The highest BCUT2D eigenvalue weighted by Gasteiger charge is 2.33. The number of carbonyl (C=O) groups is 1. The van der Waals surface area contributed by atoms with Gasteiger partial charge in [-0.15, -0.1) is 0 Å². The Morgan fingerprint density at radius 2 is 2.05 bits per heavy atom. The van der Waals surface area contributed by atoms with E-state index in [0.717, 1.165) is 18.2 Å². The van der Waals surface area contributed by atoms with E-state index in [2.05, 4.69) is 4.79 Å². The van der Waals surface area contributed by atoms with Crippen LogP contribution in [0.15, 0.2) is 41.3 Å². The lowest BCUT2D eigenvalue weighted by atomic mass is 10.2. The van der Waals surface area contributed by atoms with Crippen molar-refractivity contribution in [2.45, 2.75) is 30.7 Å². The van der Waals surface area contributed by atoms with Gasteiger partial charge in [0.15, 0.2) is 0 Å². The average molecular weight is 319 g/mol. The molecule has 0 saturated carbocycles. The van der Waals surface area contributed by atoms with Crippen LogP contribution >= 0.6 is 0 Å². The van der Waals surface area contributed by atoms with Gasteiger partial charge < -0.3 is 5.53 Å². The predicted molar refractivity (Wildman–Crippen MR) is 81.9 cm³/mol. The van der Waals surface area contributed by atoms with Crippen molar-refractivity contribution in [2.75, 3.05) is 6.54 Å². The van der Waals surface area contributed by atoms with Crippen LogP contribution in [0.3, 0.4) is 0 Å². The smallest absolute Gasteiger partial charge is 0.327 e. The molecule has 116 valence electrons. The quantitative estimate of drug-likeness (QED) is 0.357. The Kier molecular flexibility index (Phi) is 5.03. The molecule has 1 fully saturated rings. The number of aryl methyl sites for hydroxylation is 1. The minimum atomic E-state index is -3.58. The predicted octanol–water partition coefficient (Wildman–Crippen LogP) is 1.57. The Morgan fingerprint density at radius 3 is 2.68 bits per heavy atom. The molecule has 0 radical (unpaired) electrons. The molecule has 1 atom stereocenters. The third-order valence-corrected chi connectivity index (χ3v) is 5.48. The number of ketones is 1. The number of nitrogens with zero attached hydrogens (tertiary/aromatic N) is 3. The fourth-order valence-electron chi connectivity index (χ4n) is 2.41. The van der Waals surface area contributed by atoms with E-state index < -0.39 is 15.8 Å². The van der Waals surface area contributed by atoms with Crippen LogP contribution in [-0.2, 0) is 14.8 Å². The van der Waals surface area contributed by atoms with Crippen LogP contribution in [0.5, 0.6) is 0 Å². The van der Waals surface area contributed by atoms with E-state index in [4.69, 9.17) is 5.53 Å². The van der Waals surface area contributed by atoms with E-state index in [9.17, 15) is 13.2 Å². The number of benzene rings is 1. The lowest BCUT2D eigenvalue weighted by molar-refractivity contribution is -0.111. The molecule has 1 aromatic carbocycles. The third-order valence-electron chi connectivity index (χ3n) is 3.54. The number of rotatable bonds is 5. The summed E-state index contributed by atoms with van der Waals surface area (Å²) in [6.45, 7) is 2.32. The highest BCUT2D eigenvalue weighted by Crippen LogP contribution is 2.26. The first-order valence-corrected chi connectivity index (χ1v) is 8.37. The zero-order valence-electron chi connectivity index (χ0n) is 12.2. The highest BCUT2D eigenvalue weighted by atomic mass is 32.2. The monoisotopic (exact) mass is 319 g/mol. The summed E-state index contributed by atoms with van der Waals surface area (Å²) in [6.07, 6.45) is 4.94. The zero-order chi connectivity index (χ0) is 16.2. The fraction of sp³-hybridized carbons (Fsp3) is 0.333. The number of hydrogen-bond acceptors (Lipinski definition) is 3. The van der Waals surface area contributed by atoms with E-state index in [-0.39, 0.29) is 10.9 Å². The molecular weight excluding hydrogens is 302 g/mol. The second kappa shape index (κ2) is 6.79.